The zero-order valence-electron chi connectivity index (χ0n) is 14.3. The third-order valence-electron chi connectivity index (χ3n) is 3.66. The van der Waals surface area contributed by atoms with E-state index in [1.807, 2.05) is 22.9 Å². The van der Waals surface area contributed by atoms with Crippen LogP contribution in [0.2, 0.25) is 0 Å². The maximum atomic E-state index is 11.4. The molecule has 27 heavy (non-hydrogen) atoms. The van der Waals surface area contributed by atoms with Crippen LogP contribution in [-0.2, 0) is 0 Å². The summed E-state index contributed by atoms with van der Waals surface area (Å²) >= 11 is 2.86. The number of methoxy groups -OCH3 is 2. The Morgan fingerprint density at radius 3 is 2.63 bits per heavy atom. The highest BCUT2D eigenvalue weighted by atomic mass is 32.1. The number of allylic oxidation sites excluding steroid dienone is 1. The SMILES string of the molecule is COc1cc(C=C(C#N)c2nc(-c3cccs3)cs2)c([N+](=O)[O-])cc1OC. The van der Waals surface area contributed by atoms with Crippen LogP contribution in [0.25, 0.3) is 22.2 Å². The first-order valence-corrected chi connectivity index (χ1v) is 9.35. The van der Waals surface area contributed by atoms with E-state index < -0.39 is 4.92 Å². The van der Waals surface area contributed by atoms with Crippen LogP contribution >= 0.6 is 22.7 Å². The second kappa shape index (κ2) is 7.99. The monoisotopic (exact) mass is 399 g/mol. The first kappa shape index (κ1) is 18.6. The van der Waals surface area contributed by atoms with E-state index in [1.165, 1.54) is 43.8 Å². The van der Waals surface area contributed by atoms with Crippen LogP contribution < -0.4 is 9.47 Å². The minimum atomic E-state index is -0.526. The summed E-state index contributed by atoms with van der Waals surface area (Å²) in [6, 6.07) is 8.69. The van der Waals surface area contributed by atoms with Gasteiger partial charge in [0.15, 0.2) is 11.5 Å². The third kappa shape index (κ3) is 3.81. The number of hydrogen-bond acceptors (Lipinski definition) is 8. The summed E-state index contributed by atoms with van der Waals surface area (Å²) in [5.41, 5.74) is 1.06. The highest BCUT2D eigenvalue weighted by Crippen LogP contribution is 2.37. The van der Waals surface area contributed by atoms with Crippen molar-refractivity contribution in [1.82, 2.24) is 4.98 Å². The molecule has 0 saturated heterocycles. The smallest absolute Gasteiger partial charge is 0.280 e. The van der Waals surface area contributed by atoms with Gasteiger partial charge in [-0.2, -0.15) is 5.26 Å². The molecular weight excluding hydrogens is 386 g/mol. The maximum Gasteiger partial charge on any atom is 0.280 e. The number of rotatable bonds is 6. The quantitative estimate of drug-likeness (QED) is 0.333. The van der Waals surface area contributed by atoms with Gasteiger partial charge in [-0.05, 0) is 23.6 Å². The first-order valence-electron chi connectivity index (χ1n) is 7.59. The van der Waals surface area contributed by atoms with Gasteiger partial charge in [-0.3, -0.25) is 10.1 Å². The Balaban J connectivity index is 2.08. The fourth-order valence-electron chi connectivity index (χ4n) is 2.39. The number of nitriles is 1. The molecule has 136 valence electrons. The Labute approximate surface area is 162 Å². The van der Waals surface area contributed by atoms with Gasteiger partial charge in [-0.15, -0.1) is 22.7 Å². The Kier molecular flexibility index (Phi) is 5.49. The molecule has 3 rings (SSSR count). The van der Waals surface area contributed by atoms with Crippen LogP contribution in [0.5, 0.6) is 11.5 Å². The Bertz CT molecular complexity index is 1050. The van der Waals surface area contributed by atoms with E-state index in [9.17, 15) is 15.4 Å². The normalized spacial score (nSPS) is 11.1. The van der Waals surface area contributed by atoms with Crippen LogP contribution in [0.4, 0.5) is 5.69 Å². The fourth-order valence-corrected chi connectivity index (χ4v) is 3.94. The van der Waals surface area contributed by atoms with E-state index in [0.29, 0.717) is 10.8 Å². The largest absolute Gasteiger partial charge is 0.493 e. The van der Waals surface area contributed by atoms with Gasteiger partial charge in [0.05, 0.1) is 46.9 Å². The number of thiazole rings is 1. The first-order chi connectivity index (χ1) is 13.1. The summed E-state index contributed by atoms with van der Waals surface area (Å²) in [6.45, 7) is 0. The molecule has 1 aromatic carbocycles. The Hall–Kier alpha value is -3.22. The lowest BCUT2D eigenvalue weighted by atomic mass is 10.1. The second-order valence-electron chi connectivity index (χ2n) is 5.21. The molecule has 0 spiro atoms. The molecule has 0 atom stereocenters. The Morgan fingerprint density at radius 1 is 1.30 bits per heavy atom. The molecule has 0 saturated carbocycles. The van der Waals surface area contributed by atoms with Crippen molar-refractivity contribution in [2.24, 2.45) is 0 Å². The number of hydrogen-bond donors (Lipinski definition) is 0. The van der Waals surface area contributed by atoms with Crippen molar-refractivity contribution >= 4 is 40.0 Å². The number of nitrogens with zero attached hydrogens (tertiary/aromatic N) is 3. The summed E-state index contributed by atoms with van der Waals surface area (Å²) in [5.74, 6) is 0.583. The molecule has 7 nitrogen and oxygen atoms in total. The van der Waals surface area contributed by atoms with Crippen molar-refractivity contribution in [3.8, 4) is 28.1 Å². The molecule has 0 bridgehead atoms. The van der Waals surface area contributed by atoms with Gasteiger partial charge in [0.25, 0.3) is 5.69 Å². The summed E-state index contributed by atoms with van der Waals surface area (Å²) in [5, 5.41) is 25.3. The van der Waals surface area contributed by atoms with E-state index in [4.69, 9.17) is 9.47 Å². The van der Waals surface area contributed by atoms with Crippen molar-refractivity contribution in [2.45, 2.75) is 0 Å². The number of benzene rings is 1. The number of nitro benzene ring substituents is 1. The third-order valence-corrected chi connectivity index (χ3v) is 5.43. The fraction of sp³-hybridized carbons (Fsp3) is 0.111. The average molecular weight is 399 g/mol. The topological polar surface area (TPSA) is 98.3 Å². The molecule has 0 N–H and O–H groups in total. The van der Waals surface area contributed by atoms with Crippen molar-refractivity contribution < 1.29 is 14.4 Å². The van der Waals surface area contributed by atoms with Gasteiger partial charge in [0.2, 0.25) is 0 Å². The predicted molar refractivity (Wildman–Crippen MR) is 105 cm³/mol. The molecule has 0 unspecified atom stereocenters. The number of thiophene rings is 1. The summed E-state index contributed by atoms with van der Waals surface area (Å²) < 4.78 is 10.3. The molecule has 0 amide bonds. The van der Waals surface area contributed by atoms with Crippen LogP contribution in [0.3, 0.4) is 0 Å². The predicted octanol–water partition coefficient (Wildman–Crippen LogP) is 4.86. The minimum Gasteiger partial charge on any atom is -0.493 e. The lowest BCUT2D eigenvalue weighted by molar-refractivity contribution is -0.385. The molecule has 3 aromatic rings. The van der Waals surface area contributed by atoms with Gasteiger partial charge in [-0.1, -0.05) is 6.07 Å². The van der Waals surface area contributed by atoms with E-state index >= 15 is 0 Å². The zero-order chi connectivity index (χ0) is 19.4. The van der Waals surface area contributed by atoms with Crippen molar-refractivity contribution in [2.75, 3.05) is 14.2 Å². The molecule has 0 radical (unpaired) electrons. The van der Waals surface area contributed by atoms with Crippen molar-refractivity contribution in [3.05, 3.63) is 55.7 Å². The van der Waals surface area contributed by atoms with Crippen LogP contribution in [0, 0.1) is 21.4 Å². The second-order valence-corrected chi connectivity index (χ2v) is 7.01. The van der Waals surface area contributed by atoms with Gasteiger partial charge >= 0.3 is 0 Å². The van der Waals surface area contributed by atoms with Gasteiger partial charge in [0, 0.05) is 5.38 Å². The van der Waals surface area contributed by atoms with Crippen molar-refractivity contribution in [1.29, 1.82) is 5.26 Å². The molecule has 0 aliphatic carbocycles. The molecule has 0 fully saturated rings. The highest BCUT2D eigenvalue weighted by Gasteiger charge is 2.20. The standard InChI is InChI=1S/C18H13N3O4S2/c1-24-15-7-11(14(21(22)23)8-16(15)25-2)6-12(9-19)18-20-13(10-27-18)17-4-3-5-26-17/h3-8,10H,1-2H3. The minimum absolute atomic E-state index is 0.185. The van der Waals surface area contributed by atoms with E-state index in [0.717, 1.165) is 10.6 Å². The number of aromatic nitrogens is 1. The van der Waals surface area contributed by atoms with Crippen LogP contribution in [-0.4, -0.2) is 24.1 Å². The zero-order valence-corrected chi connectivity index (χ0v) is 16.0. The lowest BCUT2D eigenvalue weighted by Crippen LogP contribution is -1.97. The summed E-state index contributed by atoms with van der Waals surface area (Å²) in [4.78, 5) is 16.4. The van der Waals surface area contributed by atoms with E-state index in [1.54, 1.807) is 11.3 Å². The van der Waals surface area contributed by atoms with Crippen LogP contribution in [0.15, 0.2) is 35.0 Å². The van der Waals surface area contributed by atoms with E-state index in [2.05, 4.69) is 11.1 Å². The number of nitro groups is 1. The van der Waals surface area contributed by atoms with Gasteiger partial charge in [-0.25, -0.2) is 4.98 Å². The molecule has 9 heteroatoms. The average Bonchev–Trinajstić information content (AvgIpc) is 3.36. The molecular formula is C18H13N3O4S2. The van der Waals surface area contributed by atoms with E-state index in [-0.39, 0.29) is 22.6 Å². The molecule has 2 heterocycles. The van der Waals surface area contributed by atoms with Crippen molar-refractivity contribution in [3.63, 3.8) is 0 Å². The summed E-state index contributed by atoms with van der Waals surface area (Å²) in [6.07, 6.45) is 1.44. The van der Waals surface area contributed by atoms with Gasteiger partial charge < -0.3 is 9.47 Å². The highest BCUT2D eigenvalue weighted by molar-refractivity contribution is 7.14. The van der Waals surface area contributed by atoms with Crippen LogP contribution in [0.1, 0.15) is 10.6 Å². The lowest BCUT2D eigenvalue weighted by Gasteiger charge is -2.09. The maximum absolute atomic E-state index is 11.4. The molecule has 2 aromatic heterocycles. The van der Waals surface area contributed by atoms with Gasteiger partial charge in [0.1, 0.15) is 11.1 Å². The Morgan fingerprint density at radius 2 is 2.04 bits per heavy atom. The molecule has 0 aliphatic heterocycles. The summed E-state index contributed by atoms with van der Waals surface area (Å²) in [7, 11) is 2.84. The number of ether oxygens (including phenoxy) is 2. The molecule has 0 aliphatic rings.